The molecule has 0 bridgehead atoms. The van der Waals surface area contributed by atoms with Crippen molar-refractivity contribution in [3.05, 3.63) is 46.7 Å². The fourth-order valence-corrected chi connectivity index (χ4v) is 4.41. The van der Waals surface area contributed by atoms with E-state index in [1.807, 2.05) is 40.2 Å². The van der Waals surface area contributed by atoms with Gasteiger partial charge in [-0.3, -0.25) is 9.59 Å². The first-order chi connectivity index (χ1) is 11.6. The minimum Gasteiger partial charge on any atom is -0.351 e. The lowest BCUT2D eigenvalue weighted by atomic mass is 10.2. The number of hydrogen-bond donors (Lipinski definition) is 1. The summed E-state index contributed by atoms with van der Waals surface area (Å²) in [4.78, 5) is 27.6. The van der Waals surface area contributed by atoms with Crippen LogP contribution >= 0.6 is 23.1 Å². The van der Waals surface area contributed by atoms with E-state index in [4.69, 9.17) is 0 Å². The van der Waals surface area contributed by atoms with Gasteiger partial charge in [-0.25, -0.2) is 0 Å². The first-order valence-electron chi connectivity index (χ1n) is 8.01. The fourth-order valence-electron chi connectivity index (χ4n) is 2.66. The lowest BCUT2D eigenvalue weighted by molar-refractivity contribution is -0.118. The second kappa shape index (κ2) is 7.85. The van der Waals surface area contributed by atoms with Crippen molar-refractivity contribution in [2.75, 3.05) is 18.0 Å². The van der Waals surface area contributed by atoms with Gasteiger partial charge in [0.25, 0.3) is 5.91 Å². The summed E-state index contributed by atoms with van der Waals surface area (Å²) >= 11 is 3.31. The largest absolute Gasteiger partial charge is 0.351 e. The topological polar surface area (TPSA) is 49.4 Å². The molecule has 1 aromatic heterocycles. The highest BCUT2D eigenvalue weighted by atomic mass is 32.2. The summed E-state index contributed by atoms with van der Waals surface area (Å²) in [7, 11) is 0. The van der Waals surface area contributed by atoms with E-state index in [9.17, 15) is 9.59 Å². The minimum atomic E-state index is -0.121. The molecule has 1 aromatic carbocycles. The van der Waals surface area contributed by atoms with E-state index in [0.29, 0.717) is 23.8 Å². The molecule has 0 aliphatic carbocycles. The van der Waals surface area contributed by atoms with E-state index in [0.717, 1.165) is 23.5 Å². The van der Waals surface area contributed by atoms with Crippen LogP contribution in [0, 0.1) is 0 Å². The van der Waals surface area contributed by atoms with Crippen LogP contribution in [0.2, 0.25) is 0 Å². The summed E-state index contributed by atoms with van der Waals surface area (Å²) in [6.07, 6.45) is 1.27. The number of carbonyl (C=O) groups is 2. The van der Waals surface area contributed by atoms with Gasteiger partial charge in [-0.15, -0.1) is 11.8 Å². The van der Waals surface area contributed by atoms with E-state index < -0.39 is 0 Å². The molecular weight excluding hydrogens is 340 g/mol. The maximum absolute atomic E-state index is 12.7. The van der Waals surface area contributed by atoms with E-state index in [-0.39, 0.29) is 11.8 Å². The van der Waals surface area contributed by atoms with Gasteiger partial charge >= 0.3 is 0 Å². The van der Waals surface area contributed by atoms with E-state index >= 15 is 0 Å². The standard InChI is InChI=1S/C18H20N2O2S2/c1-13-7-10-20(15-4-2-3-5-16(15)24-13)17(21)6-9-19-18(22)14-8-11-23-12-14/h2-5,8,11-13H,6-7,9-10H2,1H3,(H,19,22). The summed E-state index contributed by atoms with van der Waals surface area (Å²) in [6, 6.07) is 9.83. The third kappa shape index (κ3) is 3.99. The van der Waals surface area contributed by atoms with E-state index in [1.165, 1.54) is 11.3 Å². The van der Waals surface area contributed by atoms with E-state index in [1.54, 1.807) is 11.4 Å². The molecule has 2 aromatic rings. The predicted octanol–water partition coefficient (Wildman–Crippen LogP) is 3.79. The quantitative estimate of drug-likeness (QED) is 0.902. The van der Waals surface area contributed by atoms with Gasteiger partial charge in [-0.05, 0) is 30.0 Å². The van der Waals surface area contributed by atoms with Crippen LogP contribution in [-0.2, 0) is 4.79 Å². The highest BCUT2D eigenvalue weighted by Gasteiger charge is 2.23. The minimum absolute atomic E-state index is 0.0581. The fraction of sp³-hybridized carbons (Fsp3) is 0.333. The van der Waals surface area contributed by atoms with E-state index in [2.05, 4.69) is 18.3 Å². The highest BCUT2D eigenvalue weighted by Crippen LogP contribution is 2.37. The van der Waals surface area contributed by atoms with Crippen molar-refractivity contribution in [2.45, 2.75) is 29.9 Å². The number of fused-ring (bicyclic) bond motifs is 1. The molecule has 1 atom stereocenters. The predicted molar refractivity (Wildman–Crippen MR) is 100 cm³/mol. The van der Waals surface area contributed by atoms with Crippen LogP contribution in [0.3, 0.4) is 0 Å². The molecule has 24 heavy (non-hydrogen) atoms. The van der Waals surface area contributed by atoms with Gasteiger partial charge in [0, 0.05) is 40.6 Å². The Morgan fingerprint density at radius 2 is 2.12 bits per heavy atom. The maximum Gasteiger partial charge on any atom is 0.252 e. The molecule has 1 aliphatic heterocycles. The SMILES string of the molecule is CC1CCN(C(=O)CCNC(=O)c2ccsc2)c2ccccc2S1. The van der Waals surface area contributed by atoms with Crippen molar-refractivity contribution >= 4 is 40.6 Å². The molecule has 1 N–H and O–H groups in total. The number of anilines is 1. The Kier molecular flexibility index (Phi) is 5.58. The summed E-state index contributed by atoms with van der Waals surface area (Å²) < 4.78 is 0. The van der Waals surface area contributed by atoms with Gasteiger partial charge in [0.05, 0.1) is 5.69 Å². The molecule has 0 spiro atoms. The molecule has 0 saturated carbocycles. The van der Waals surface area contributed by atoms with Crippen LogP contribution < -0.4 is 10.2 Å². The van der Waals surface area contributed by atoms with Crippen molar-refractivity contribution in [1.82, 2.24) is 5.32 Å². The Morgan fingerprint density at radius 1 is 1.29 bits per heavy atom. The summed E-state index contributed by atoms with van der Waals surface area (Å²) in [5.41, 5.74) is 1.64. The maximum atomic E-state index is 12.7. The molecule has 6 heteroatoms. The zero-order valence-electron chi connectivity index (χ0n) is 13.5. The second-order valence-corrected chi connectivity index (χ2v) is 8.01. The van der Waals surface area contributed by atoms with Gasteiger partial charge in [-0.1, -0.05) is 19.1 Å². The third-order valence-electron chi connectivity index (χ3n) is 3.95. The average Bonchev–Trinajstić information content (AvgIpc) is 3.05. The van der Waals surface area contributed by atoms with Crippen molar-refractivity contribution in [3.8, 4) is 0 Å². The van der Waals surface area contributed by atoms with Crippen LogP contribution in [0.25, 0.3) is 0 Å². The number of benzene rings is 1. The van der Waals surface area contributed by atoms with Crippen molar-refractivity contribution < 1.29 is 9.59 Å². The molecule has 2 heterocycles. The van der Waals surface area contributed by atoms with Gasteiger partial charge in [0.1, 0.15) is 0 Å². The lowest BCUT2D eigenvalue weighted by Crippen LogP contribution is -2.35. The molecule has 0 radical (unpaired) electrons. The molecule has 1 unspecified atom stereocenters. The number of nitrogens with zero attached hydrogens (tertiary/aromatic N) is 1. The smallest absolute Gasteiger partial charge is 0.252 e. The Labute approximate surface area is 150 Å². The number of para-hydroxylation sites is 1. The number of thioether (sulfide) groups is 1. The number of thiophene rings is 1. The van der Waals surface area contributed by atoms with Gasteiger partial charge < -0.3 is 10.2 Å². The first kappa shape index (κ1) is 17.0. The zero-order valence-corrected chi connectivity index (χ0v) is 15.2. The molecule has 0 saturated heterocycles. The molecule has 0 fully saturated rings. The van der Waals surface area contributed by atoms with Gasteiger partial charge in [-0.2, -0.15) is 11.3 Å². The number of hydrogen-bond acceptors (Lipinski definition) is 4. The highest BCUT2D eigenvalue weighted by molar-refractivity contribution is 8.00. The second-order valence-electron chi connectivity index (χ2n) is 5.75. The van der Waals surface area contributed by atoms with Crippen LogP contribution in [0.15, 0.2) is 46.0 Å². The number of nitrogens with one attached hydrogen (secondary N) is 1. The summed E-state index contributed by atoms with van der Waals surface area (Å²) in [5.74, 6) is -0.0627. The summed E-state index contributed by atoms with van der Waals surface area (Å²) in [6.45, 7) is 3.27. The molecule has 126 valence electrons. The number of carbonyl (C=O) groups excluding carboxylic acids is 2. The van der Waals surface area contributed by atoms with Crippen LogP contribution in [0.1, 0.15) is 30.1 Å². The number of rotatable bonds is 4. The van der Waals surface area contributed by atoms with Crippen molar-refractivity contribution in [1.29, 1.82) is 0 Å². The zero-order chi connectivity index (χ0) is 16.9. The van der Waals surface area contributed by atoms with Crippen LogP contribution in [0.5, 0.6) is 0 Å². The summed E-state index contributed by atoms with van der Waals surface area (Å²) in [5, 5.41) is 6.98. The lowest BCUT2D eigenvalue weighted by Gasteiger charge is -2.22. The monoisotopic (exact) mass is 360 g/mol. The Hall–Kier alpha value is -1.79. The Balaban J connectivity index is 1.61. The first-order valence-corrected chi connectivity index (χ1v) is 9.84. The van der Waals surface area contributed by atoms with Crippen LogP contribution in [0.4, 0.5) is 5.69 Å². The molecular formula is C18H20N2O2S2. The average molecular weight is 361 g/mol. The third-order valence-corrected chi connectivity index (χ3v) is 5.87. The Bertz CT molecular complexity index is 716. The van der Waals surface area contributed by atoms with Crippen molar-refractivity contribution in [3.63, 3.8) is 0 Å². The van der Waals surface area contributed by atoms with Gasteiger partial charge in [0.2, 0.25) is 5.91 Å². The van der Waals surface area contributed by atoms with Gasteiger partial charge in [0.15, 0.2) is 0 Å². The van der Waals surface area contributed by atoms with Crippen molar-refractivity contribution in [2.24, 2.45) is 0 Å². The molecule has 3 rings (SSSR count). The molecule has 2 amide bonds. The normalized spacial score (nSPS) is 17.0. The molecule has 1 aliphatic rings. The Morgan fingerprint density at radius 3 is 2.92 bits per heavy atom. The van der Waals surface area contributed by atoms with Crippen LogP contribution in [-0.4, -0.2) is 30.2 Å². The number of amides is 2. The molecule has 4 nitrogen and oxygen atoms in total.